The second kappa shape index (κ2) is 7.70. The van der Waals surface area contributed by atoms with E-state index in [1.807, 2.05) is 31.2 Å². The van der Waals surface area contributed by atoms with Crippen molar-refractivity contribution in [1.82, 2.24) is 14.9 Å². The molecule has 134 valence electrons. The predicted molar refractivity (Wildman–Crippen MR) is 101 cm³/mol. The van der Waals surface area contributed by atoms with Crippen molar-refractivity contribution in [2.45, 2.75) is 6.92 Å². The Bertz CT molecular complexity index is 979. The number of benzene rings is 2. The summed E-state index contributed by atoms with van der Waals surface area (Å²) in [4.78, 5) is 0. The average molecular weight is 371 g/mol. The van der Waals surface area contributed by atoms with E-state index in [-0.39, 0.29) is 11.5 Å². The SMILES string of the molecule is CCOc1ccc(-c2n[nH]c(=S)n2N/N=C\c2ccc(O)c(O)c2)cc1. The zero-order valence-electron chi connectivity index (χ0n) is 13.9. The number of hydrogen-bond acceptors (Lipinski definition) is 7. The van der Waals surface area contributed by atoms with Gasteiger partial charge in [0.1, 0.15) is 5.75 Å². The van der Waals surface area contributed by atoms with Gasteiger partial charge in [0.05, 0.1) is 12.8 Å². The number of nitrogens with one attached hydrogen (secondary N) is 2. The van der Waals surface area contributed by atoms with Crippen LogP contribution in [0.25, 0.3) is 11.4 Å². The number of nitrogens with zero attached hydrogens (tertiary/aromatic N) is 3. The molecule has 9 heteroatoms. The van der Waals surface area contributed by atoms with E-state index in [2.05, 4.69) is 20.8 Å². The fraction of sp³-hybridized carbons (Fsp3) is 0.118. The number of aromatic hydroxyl groups is 2. The van der Waals surface area contributed by atoms with Crippen LogP contribution in [-0.2, 0) is 0 Å². The summed E-state index contributed by atoms with van der Waals surface area (Å²) in [7, 11) is 0. The summed E-state index contributed by atoms with van der Waals surface area (Å²) in [5.41, 5.74) is 4.22. The van der Waals surface area contributed by atoms with Crippen LogP contribution >= 0.6 is 12.2 Å². The monoisotopic (exact) mass is 371 g/mol. The Labute approximate surface area is 154 Å². The van der Waals surface area contributed by atoms with Gasteiger partial charge in [-0.3, -0.25) is 0 Å². The first-order valence-electron chi connectivity index (χ1n) is 7.80. The van der Waals surface area contributed by atoms with Crippen LogP contribution in [0, 0.1) is 4.77 Å². The minimum Gasteiger partial charge on any atom is -0.504 e. The highest BCUT2D eigenvalue weighted by molar-refractivity contribution is 7.71. The molecule has 0 fully saturated rings. The lowest BCUT2D eigenvalue weighted by molar-refractivity contribution is 0.340. The maximum Gasteiger partial charge on any atom is 0.216 e. The maximum atomic E-state index is 9.50. The van der Waals surface area contributed by atoms with Crippen LogP contribution in [0.4, 0.5) is 0 Å². The van der Waals surface area contributed by atoms with Crippen LogP contribution in [0.5, 0.6) is 17.2 Å². The molecular formula is C17H17N5O3S. The first kappa shape index (κ1) is 17.5. The van der Waals surface area contributed by atoms with Gasteiger partial charge >= 0.3 is 0 Å². The minimum absolute atomic E-state index is 0.190. The number of aromatic nitrogens is 3. The van der Waals surface area contributed by atoms with E-state index in [9.17, 15) is 10.2 Å². The zero-order chi connectivity index (χ0) is 18.5. The molecule has 0 amide bonds. The largest absolute Gasteiger partial charge is 0.504 e. The number of aromatic amines is 1. The zero-order valence-corrected chi connectivity index (χ0v) is 14.7. The van der Waals surface area contributed by atoms with Crippen molar-refractivity contribution in [3.8, 4) is 28.6 Å². The molecule has 0 atom stereocenters. The fourth-order valence-electron chi connectivity index (χ4n) is 2.23. The molecule has 0 radical (unpaired) electrons. The first-order chi connectivity index (χ1) is 12.6. The highest BCUT2D eigenvalue weighted by Crippen LogP contribution is 2.24. The number of hydrogen-bond donors (Lipinski definition) is 4. The summed E-state index contributed by atoms with van der Waals surface area (Å²) in [6, 6.07) is 11.8. The first-order valence-corrected chi connectivity index (χ1v) is 8.21. The Kier molecular flexibility index (Phi) is 5.18. The van der Waals surface area contributed by atoms with E-state index >= 15 is 0 Å². The molecule has 0 spiro atoms. The van der Waals surface area contributed by atoms with Crippen LogP contribution < -0.4 is 10.3 Å². The summed E-state index contributed by atoms with van der Waals surface area (Å²) in [5.74, 6) is 0.924. The number of rotatable bonds is 6. The molecule has 0 unspecified atom stereocenters. The molecule has 0 saturated carbocycles. The molecule has 4 N–H and O–H groups in total. The quantitative estimate of drug-likeness (QED) is 0.230. The van der Waals surface area contributed by atoms with E-state index in [0.29, 0.717) is 22.8 Å². The van der Waals surface area contributed by atoms with Crippen LogP contribution in [0.1, 0.15) is 12.5 Å². The standard InChI is InChI=1S/C17H17N5O3S/c1-2-25-13-6-4-12(5-7-13)16-19-20-17(26)22(16)21-18-10-11-3-8-14(23)15(24)9-11/h3-10,21,23-24H,2H2,1H3,(H,20,26)/b18-10-. The van der Waals surface area contributed by atoms with Gasteiger partial charge in [-0.05, 0) is 67.2 Å². The second-order valence-corrected chi connectivity index (χ2v) is 5.64. The lowest BCUT2D eigenvalue weighted by atomic mass is 10.2. The van der Waals surface area contributed by atoms with Crippen molar-refractivity contribution in [2.24, 2.45) is 5.10 Å². The van der Waals surface area contributed by atoms with Crippen LogP contribution in [0.15, 0.2) is 47.6 Å². The third-order valence-corrected chi connectivity index (χ3v) is 3.74. The Balaban J connectivity index is 1.80. The number of ether oxygens (including phenoxy) is 1. The number of phenolic OH excluding ortho intramolecular Hbond substituents is 2. The van der Waals surface area contributed by atoms with Gasteiger partial charge in [0.2, 0.25) is 4.77 Å². The van der Waals surface area contributed by atoms with E-state index in [0.717, 1.165) is 11.3 Å². The van der Waals surface area contributed by atoms with Gasteiger partial charge in [-0.1, -0.05) is 0 Å². The molecule has 0 aliphatic carbocycles. The molecule has 8 nitrogen and oxygen atoms in total. The smallest absolute Gasteiger partial charge is 0.216 e. The molecule has 0 bridgehead atoms. The molecule has 2 aromatic carbocycles. The number of hydrazone groups is 1. The van der Waals surface area contributed by atoms with E-state index < -0.39 is 0 Å². The molecular weight excluding hydrogens is 354 g/mol. The third-order valence-electron chi connectivity index (χ3n) is 3.47. The van der Waals surface area contributed by atoms with Gasteiger partial charge in [-0.25, -0.2) is 10.6 Å². The Morgan fingerprint density at radius 3 is 2.69 bits per heavy atom. The van der Waals surface area contributed by atoms with E-state index in [4.69, 9.17) is 17.0 Å². The van der Waals surface area contributed by atoms with Crippen LogP contribution in [-0.4, -0.2) is 37.9 Å². The van der Waals surface area contributed by atoms with Gasteiger partial charge in [0, 0.05) is 5.56 Å². The molecule has 1 aromatic heterocycles. The van der Waals surface area contributed by atoms with Crippen molar-refractivity contribution in [3.63, 3.8) is 0 Å². The minimum atomic E-state index is -0.219. The van der Waals surface area contributed by atoms with Gasteiger partial charge in [0.15, 0.2) is 17.3 Å². The Morgan fingerprint density at radius 2 is 2.00 bits per heavy atom. The van der Waals surface area contributed by atoms with Crippen molar-refractivity contribution < 1.29 is 14.9 Å². The molecule has 1 heterocycles. The molecule has 3 rings (SSSR count). The fourth-order valence-corrected chi connectivity index (χ4v) is 2.41. The predicted octanol–water partition coefficient (Wildman–Crippen LogP) is 3.00. The molecule has 0 aliphatic heterocycles. The highest BCUT2D eigenvalue weighted by Gasteiger charge is 2.08. The third kappa shape index (κ3) is 3.83. The van der Waals surface area contributed by atoms with Crippen LogP contribution in [0.2, 0.25) is 0 Å². The van der Waals surface area contributed by atoms with Crippen molar-refractivity contribution in [1.29, 1.82) is 0 Å². The van der Waals surface area contributed by atoms with Gasteiger partial charge < -0.3 is 14.9 Å². The maximum absolute atomic E-state index is 9.50. The lowest BCUT2D eigenvalue weighted by Crippen LogP contribution is -2.10. The van der Waals surface area contributed by atoms with E-state index in [1.54, 1.807) is 6.07 Å². The number of phenols is 2. The summed E-state index contributed by atoms with van der Waals surface area (Å²) < 4.78 is 7.29. The molecule has 3 aromatic rings. The van der Waals surface area contributed by atoms with Gasteiger partial charge in [-0.2, -0.15) is 14.9 Å². The topological polar surface area (TPSA) is 108 Å². The lowest BCUT2D eigenvalue weighted by Gasteiger charge is -2.07. The van der Waals surface area contributed by atoms with Crippen LogP contribution in [0.3, 0.4) is 0 Å². The summed E-state index contributed by atoms with van der Waals surface area (Å²) in [6.07, 6.45) is 1.48. The normalized spacial score (nSPS) is 11.0. The van der Waals surface area contributed by atoms with Gasteiger partial charge in [0.25, 0.3) is 0 Å². The van der Waals surface area contributed by atoms with Crippen molar-refractivity contribution in [3.05, 3.63) is 52.8 Å². The van der Waals surface area contributed by atoms with Gasteiger partial charge in [-0.15, -0.1) is 0 Å². The molecule has 0 aliphatic rings. The number of H-pyrrole nitrogens is 1. The summed E-state index contributed by atoms with van der Waals surface area (Å²) in [6.45, 7) is 2.52. The molecule has 0 saturated heterocycles. The Morgan fingerprint density at radius 1 is 1.23 bits per heavy atom. The molecule has 26 heavy (non-hydrogen) atoms. The van der Waals surface area contributed by atoms with Crippen molar-refractivity contribution >= 4 is 18.4 Å². The highest BCUT2D eigenvalue weighted by atomic mass is 32.1. The Hall–Kier alpha value is -3.33. The second-order valence-electron chi connectivity index (χ2n) is 5.25. The summed E-state index contributed by atoms with van der Waals surface area (Å²) >= 11 is 5.22. The van der Waals surface area contributed by atoms with Crippen molar-refractivity contribution in [2.75, 3.05) is 12.1 Å². The summed E-state index contributed by atoms with van der Waals surface area (Å²) in [5, 5.41) is 29.8. The average Bonchev–Trinajstić information content (AvgIpc) is 3.00. The van der Waals surface area contributed by atoms with E-state index in [1.165, 1.54) is 23.0 Å².